The third-order valence-electron chi connectivity index (χ3n) is 3.12. The van der Waals surface area contributed by atoms with E-state index in [4.69, 9.17) is 0 Å². The van der Waals surface area contributed by atoms with Gasteiger partial charge in [-0.1, -0.05) is 13.8 Å². The Bertz CT molecular complexity index is 513. The Morgan fingerprint density at radius 1 is 1.21 bits per heavy atom. The minimum absolute atomic E-state index is 0.724. The number of nitrogens with one attached hydrogen (secondary N) is 1. The molecule has 0 spiro atoms. The van der Waals surface area contributed by atoms with Gasteiger partial charge in [0.1, 0.15) is 12.2 Å². The fourth-order valence-corrected chi connectivity index (χ4v) is 2.04. The van der Waals surface area contributed by atoms with Crippen molar-refractivity contribution in [3.05, 3.63) is 29.6 Å². The van der Waals surface area contributed by atoms with Crippen molar-refractivity contribution in [1.82, 2.24) is 29.9 Å². The zero-order valence-electron chi connectivity index (χ0n) is 11.9. The molecule has 0 amide bonds. The maximum absolute atomic E-state index is 4.56. The van der Waals surface area contributed by atoms with Crippen LogP contribution in [0, 0.1) is 0 Å². The average molecular weight is 262 g/mol. The van der Waals surface area contributed by atoms with Gasteiger partial charge in [-0.3, -0.25) is 4.68 Å². The SMILES string of the molecule is CCNCc1ncnn1Cc1cc(CC)nn1CC. The summed E-state index contributed by atoms with van der Waals surface area (Å²) in [5.74, 6) is 0.962. The van der Waals surface area contributed by atoms with Crippen LogP contribution in [-0.4, -0.2) is 31.1 Å². The molecular formula is C13H22N6. The van der Waals surface area contributed by atoms with Gasteiger partial charge in [-0.15, -0.1) is 0 Å². The molecule has 0 saturated heterocycles. The minimum Gasteiger partial charge on any atom is -0.310 e. The highest BCUT2D eigenvalue weighted by Gasteiger charge is 2.09. The van der Waals surface area contributed by atoms with Crippen LogP contribution in [0.1, 0.15) is 38.0 Å². The molecule has 0 fully saturated rings. The second kappa shape index (κ2) is 6.47. The van der Waals surface area contributed by atoms with Gasteiger partial charge in [0.2, 0.25) is 0 Å². The summed E-state index contributed by atoms with van der Waals surface area (Å²) in [6.45, 7) is 9.60. The van der Waals surface area contributed by atoms with E-state index in [1.807, 2.05) is 9.36 Å². The third kappa shape index (κ3) is 3.20. The number of rotatable bonds is 7. The molecule has 19 heavy (non-hydrogen) atoms. The van der Waals surface area contributed by atoms with Gasteiger partial charge >= 0.3 is 0 Å². The lowest BCUT2D eigenvalue weighted by molar-refractivity contribution is 0.546. The summed E-state index contributed by atoms with van der Waals surface area (Å²) in [6, 6.07) is 2.15. The maximum Gasteiger partial charge on any atom is 0.141 e. The van der Waals surface area contributed by atoms with Gasteiger partial charge in [-0.2, -0.15) is 10.2 Å². The standard InChI is InChI=1S/C13H22N6/c1-4-11-7-12(18(6-3)17-11)9-19-13(8-14-5-2)15-10-16-19/h7,10,14H,4-6,8-9H2,1-3H3. The number of aryl methyl sites for hydroxylation is 2. The lowest BCUT2D eigenvalue weighted by atomic mass is 10.3. The Kier molecular flexibility index (Phi) is 4.68. The zero-order valence-corrected chi connectivity index (χ0v) is 11.9. The van der Waals surface area contributed by atoms with Crippen LogP contribution in [0.15, 0.2) is 12.4 Å². The van der Waals surface area contributed by atoms with Crippen molar-refractivity contribution in [2.24, 2.45) is 0 Å². The summed E-state index contributed by atoms with van der Waals surface area (Å²) in [6.07, 6.45) is 2.57. The molecule has 6 nitrogen and oxygen atoms in total. The van der Waals surface area contributed by atoms with E-state index in [1.54, 1.807) is 6.33 Å². The molecule has 0 unspecified atom stereocenters. The smallest absolute Gasteiger partial charge is 0.141 e. The van der Waals surface area contributed by atoms with Crippen molar-refractivity contribution in [2.45, 2.75) is 46.8 Å². The van der Waals surface area contributed by atoms with Crippen LogP contribution in [0.3, 0.4) is 0 Å². The normalized spacial score (nSPS) is 11.1. The molecule has 2 aromatic heterocycles. The highest BCUT2D eigenvalue weighted by Crippen LogP contribution is 2.08. The maximum atomic E-state index is 4.56. The predicted octanol–water partition coefficient (Wildman–Crippen LogP) is 1.21. The predicted molar refractivity (Wildman–Crippen MR) is 73.8 cm³/mol. The van der Waals surface area contributed by atoms with Crippen LogP contribution >= 0.6 is 0 Å². The number of nitrogens with zero attached hydrogens (tertiary/aromatic N) is 5. The summed E-state index contributed by atoms with van der Waals surface area (Å²) in [5.41, 5.74) is 2.31. The van der Waals surface area contributed by atoms with Crippen LogP contribution in [0.4, 0.5) is 0 Å². The molecule has 0 aliphatic heterocycles. The first-order valence-corrected chi connectivity index (χ1v) is 6.91. The van der Waals surface area contributed by atoms with E-state index in [1.165, 1.54) is 5.69 Å². The van der Waals surface area contributed by atoms with Gasteiger partial charge in [0.25, 0.3) is 0 Å². The Morgan fingerprint density at radius 3 is 2.74 bits per heavy atom. The highest BCUT2D eigenvalue weighted by atomic mass is 15.4. The van der Waals surface area contributed by atoms with Gasteiger partial charge in [0, 0.05) is 6.54 Å². The minimum atomic E-state index is 0.724. The molecule has 0 bridgehead atoms. The fraction of sp³-hybridized carbons (Fsp3) is 0.615. The van der Waals surface area contributed by atoms with Crippen molar-refractivity contribution in [3.8, 4) is 0 Å². The van der Waals surface area contributed by atoms with Crippen molar-refractivity contribution >= 4 is 0 Å². The Hall–Kier alpha value is -1.69. The topological polar surface area (TPSA) is 60.6 Å². The van der Waals surface area contributed by atoms with E-state index in [9.17, 15) is 0 Å². The molecule has 104 valence electrons. The highest BCUT2D eigenvalue weighted by molar-refractivity contribution is 5.11. The van der Waals surface area contributed by atoms with Gasteiger partial charge in [-0.25, -0.2) is 9.67 Å². The van der Waals surface area contributed by atoms with Crippen molar-refractivity contribution in [2.75, 3.05) is 6.54 Å². The molecule has 1 N–H and O–H groups in total. The van der Waals surface area contributed by atoms with Gasteiger partial charge in [0.05, 0.1) is 24.5 Å². The molecule has 0 aliphatic carbocycles. The number of aromatic nitrogens is 5. The first-order chi connectivity index (χ1) is 9.28. The largest absolute Gasteiger partial charge is 0.310 e. The lowest BCUT2D eigenvalue weighted by Gasteiger charge is -2.07. The molecular weight excluding hydrogens is 240 g/mol. The van der Waals surface area contributed by atoms with Gasteiger partial charge in [-0.05, 0) is 26.0 Å². The second-order valence-electron chi connectivity index (χ2n) is 4.41. The quantitative estimate of drug-likeness (QED) is 0.815. The first-order valence-electron chi connectivity index (χ1n) is 6.91. The Balaban J connectivity index is 2.16. The summed E-state index contributed by atoms with van der Waals surface area (Å²) >= 11 is 0. The molecule has 2 aromatic rings. The van der Waals surface area contributed by atoms with Crippen LogP contribution in [0.5, 0.6) is 0 Å². The molecule has 2 heterocycles. The molecule has 0 atom stereocenters. The van der Waals surface area contributed by atoms with Crippen LogP contribution < -0.4 is 5.32 Å². The molecule has 2 rings (SSSR count). The average Bonchev–Trinajstić information content (AvgIpc) is 3.03. The summed E-state index contributed by atoms with van der Waals surface area (Å²) < 4.78 is 3.98. The Morgan fingerprint density at radius 2 is 2.05 bits per heavy atom. The third-order valence-corrected chi connectivity index (χ3v) is 3.12. The zero-order chi connectivity index (χ0) is 13.7. The molecule has 6 heteroatoms. The van der Waals surface area contributed by atoms with Crippen molar-refractivity contribution < 1.29 is 0 Å². The molecule has 0 aromatic carbocycles. The van der Waals surface area contributed by atoms with Crippen molar-refractivity contribution in [3.63, 3.8) is 0 Å². The molecule has 0 saturated carbocycles. The lowest BCUT2D eigenvalue weighted by Crippen LogP contribution is -2.18. The van der Waals surface area contributed by atoms with E-state index in [-0.39, 0.29) is 0 Å². The van der Waals surface area contributed by atoms with E-state index in [0.717, 1.165) is 44.1 Å². The first kappa shape index (κ1) is 13.7. The fourth-order valence-electron chi connectivity index (χ4n) is 2.04. The van der Waals surface area contributed by atoms with Gasteiger partial charge < -0.3 is 5.32 Å². The number of hydrogen-bond donors (Lipinski definition) is 1. The van der Waals surface area contributed by atoms with Crippen LogP contribution in [-0.2, 0) is 26.1 Å². The summed E-state index contributed by atoms with van der Waals surface area (Å²) in [7, 11) is 0. The van der Waals surface area contributed by atoms with E-state index < -0.39 is 0 Å². The van der Waals surface area contributed by atoms with E-state index in [0.29, 0.717) is 0 Å². The van der Waals surface area contributed by atoms with Crippen LogP contribution in [0.2, 0.25) is 0 Å². The second-order valence-corrected chi connectivity index (χ2v) is 4.41. The summed E-state index contributed by atoms with van der Waals surface area (Å²) in [5, 5.41) is 12.1. The van der Waals surface area contributed by atoms with E-state index in [2.05, 4.69) is 47.3 Å². The molecule has 0 radical (unpaired) electrons. The molecule has 0 aliphatic rings. The summed E-state index contributed by atoms with van der Waals surface area (Å²) in [4.78, 5) is 4.29. The van der Waals surface area contributed by atoms with E-state index >= 15 is 0 Å². The monoisotopic (exact) mass is 262 g/mol. The Labute approximate surface area is 113 Å². The number of hydrogen-bond acceptors (Lipinski definition) is 4. The van der Waals surface area contributed by atoms with Gasteiger partial charge in [0.15, 0.2) is 0 Å². The van der Waals surface area contributed by atoms with Crippen LogP contribution in [0.25, 0.3) is 0 Å². The van der Waals surface area contributed by atoms with Crippen molar-refractivity contribution in [1.29, 1.82) is 0 Å².